The Bertz CT molecular complexity index is 231. The van der Waals surface area contributed by atoms with Crippen LogP contribution in [0.2, 0.25) is 0 Å². The van der Waals surface area contributed by atoms with E-state index in [0.717, 1.165) is 32.1 Å². The van der Waals surface area contributed by atoms with Crippen molar-refractivity contribution < 1.29 is 9.53 Å². The third kappa shape index (κ3) is 6.03. The Morgan fingerprint density at radius 3 is 2.88 bits per heavy atom. The Morgan fingerprint density at radius 2 is 2.24 bits per heavy atom. The Labute approximate surface area is 104 Å². The van der Waals surface area contributed by atoms with Gasteiger partial charge in [-0.15, -0.1) is 0 Å². The highest BCUT2D eigenvalue weighted by Crippen LogP contribution is 2.22. The summed E-state index contributed by atoms with van der Waals surface area (Å²) in [6.07, 6.45) is 5.11. The van der Waals surface area contributed by atoms with Crippen LogP contribution in [-0.2, 0) is 9.53 Å². The van der Waals surface area contributed by atoms with E-state index in [9.17, 15) is 4.79 Å². The predicted octanol–water partition coefficient (Wildman–Crippen LogP) is 1.44. The molecule has 0 bridgehead atoms. The van der Waals surface area contributed by atoms with Gasteiger partial charge in [0.15, 0.2) is 0 Å². The summed E-state index contributed by atoms with van der Waals surface area (Å²) in [7, 11) is 0. The van der Waals surface area contributed by atoms with E-state index in [-0.39, 0.29) is 24.0 Å². The zero-order chi connectivity index (χ0) is 12.7. The Balaban J connectivity index is 2.08. The fourth-order valence-corrected chi connectivity index (χ4v) is 2.21. The zero-order valence-corrected chi connectivity index (χ0v) is 11.1. The van der Waals surface area contributed by atoms with Crippen molar-refractivity contribution in [1.82, 2.24) is 5.32 Å². The van der Waals surface area contributed by atoms with Gasteiger partial charge in [-0.2, -0.15) is 0 Å². The second-order valence-corrected chi connectivity index (χ2v) is 5.19. The standard InChI is InChI=1S/C13H26N2O2/c1-10(2)17-8-4-7-15-13(16)11-5-3-6-12(14)9-11/h10-12H,3-9,14H2,1-2H3,(H,15,16). The van der Waals surface area contributed by atoms with Crippen LogP contribution >= 0.6 is 0 Å². The van der Waals surface area contributed by atoms with Crippen molar-refractivity contribution in [1.29, 1.82) is 0 Å². The number of rotatable bonds is 6. The van der Waals surface area contributed by atoms with Gasteiger partial charge in [-0.25, -0.2) is 0 Å². The van der Waals surface area contributed by atoms with E-state index in [1.54, 1.807) is 0 Å². The first-order chi connectivity index (χ1) is 8.09. The molecule has 0 radical (unpaired) electrons. The summed E-state index contributed by atoms with van der Waals surface area (Å²) in [6.45, 7) is 5.45. The first-order valence-corrected chi connectivity index (χ1v) is 6.74. The molecular weight excluding hydrogens is 216 g/mol. The molecule has 100 valence electrons. The number of carbonyl (C=O) groups is 1. The van der Waals surface area contributed by atoms with Crippen molar-refractivity contribution in [3.8, 4) is 0 Å². The van der Waals surface area contributed by atoms with Gasteiger partial charge in [0.05, 0.1) is 6.10 Å². The number of hydrogen-bond donors (Lipinski definition) is 2. The van der Waals surface area contributed by atoms with Gasteiger partial charge in [-0.3, -0.25) is 4.79 Å². The fraction of sp³-hybridized carbons (Fsp3) is 0.923. The van der Waals surface area contributed by atoms with Crippen molar-refractivity contribution >= 4 is 5.91 Å². The predicted molar refractivity (Wildman–Crippen MR) is 68.6 cm³/mol. The maximum atomic E-state index is 11.8. The van der Waals surface area contributed by atoms with Crippen LogP contribution in [0.3, 0.4) is 0 Å². The molecule has 0 aliphatic heterocycles. The lowest BCUT2D eigenvalue weighted by Gasteiger charge is -2.25. The van der Waals surface area contributed by atoms with Crippen LogP contribution in [0.1, 0.15) is 46.0 Å². The topological polar surface area (TPSA) is 64.3 Å². The van der Waals surface area contributed by atoms with Crippen LogP contribution in [0.15, 0.2) is 0 Å². The highest BCUT2D eigenvalue weighted by Gasteiger charge is 2.24. The minimum atomic E-state index is 0.129. The van der Waals surface area contributed by atoms with Gasteiger partial charge >= 0.3 is 0 Å². The molecule has 1 rings (SSSR count). The monoisotopic (exact) mass is 242 g/mol. The van der Waals surface area contributed by atoms with Crippen molar-refractivity contribution in [2.45, 2.75) is 58.1 Å². The summed E-state index contributed by atoms with van der Waals surface area (Å²) in [4.78, 5) is 11.8. The zero-order valence-electron chi connectivity index (χ0n) is 11.1. The smallest absolute Gasteiger partial charge is 0.223 e. The molecule has 0 saturated heterocycles. The molecular formula is C13H26N2O2. The number of amides is 1. The first kappa shape index (κ1) is 14.5. The molecule has 0 heterocycles. The van der Waals surface area contributed by atoms with E-state index in [0.29, 0.717) is 13.2 Å². The van der Waals surface area contributed by atoms with Crippen LogP contribution in [0.5, 0.6) is 0 Å². The Morgan fingerprint density at radius 1 is 1.47 bits per heavy atom. The van der Waals surface area contributed by atoms with Crippen LogP contribution in [0.25, 0.3) is 0 Å². The number of nitrogens with one attached hydrogen (secondary N) is 1. The van der Waals surface area contributed by atoms with Gasteiger partial charge in [0.1, 0.15) is 0 Å². The van der Waals surface area contributed by atoms with Crippen molar-refractivity contribution in [2.75, 3.05) is 13.2 Å². The molecule has 1 amide bonds. The maximum absolute atomic E-state index is 11.8. The third-order valence-corrected chi connectivity index (χ3v) is 3.16. The summed E-state index contributed by atoms with van der Waals surface area (Å²) in [5, 5.41) is 2.97. The molecule has 1 aliphatic rings. The van der Waals surface area contributed by atoms with Gasteiger partial charge < -0.3 is 15.8 Å². The van der Waals surface area contributed by atoms with Crippen molar-refractivity contribution in [3.63, 3.8) is 0 Å². The molecule has 4 nitrogen and oxygen atoms in total. The van der Waals surface area contributed by atoms with Gasteiger partial charge in [-0.1, -0.05) is 6.42 Å². The summed E-state index contributed by atoms with van der Waals surface area (Å²) < 4.78 is 5.41. The first-order valence-electron chi connectivity index (χ1n) is 6.74. The van der Waals surface area contributed by atoms with E-state index in [1.807, 2.05) is 13.8 Å². The van der Waals surface area contributed by atoms with Crippen LogP contribution in [-0.4, -0.2) is 31.2 Å². The molecule has 17 heavy (non-hydrogen) atoms. The maximum Gasteiger partial charge on any atom is 0.223 e. The Kier molecular flexibility index (Phi) is 6.52. The van der Waals surface area contributed by atoms with Gasteiger partial charge in [-0.05, 0) is 39.5 Å². The minimum Gasteiger partial charge on any atom is -0.379 e. The SMILES string of the molecule is CC(C)OCCCNC(=O)C1CCCC(N)C1. The lowest BCUT2D eigenvalue weighted by molar-refractivity contribution is -0.126. The molecule has 0 aromatic rings. The molecule has 0 spiro atoms. The second kappa shape index (κ2) is 7.67. The van der Waals surface area contributed by atoms with Crippen LogP contribution in [0, 0.1) is 5.92 Å². The van der Waals surface area contributed by atoms with E-state index < -0.39 is 0 Å². The van der Waals surface area contributed by atoms with Crippen molar-refractivity contribution in [2.24, 2.45) is 11.7 Å². The average molecular weight is 242 g/mol. The quantitative estimate of drug-likeness (QED) is 0.693. The number of nitrogens with two attached hydrogens (primary N) is 1. The summed E-state index contributed by atoms with van der Waals surface area (Å²) in [5.41, 5.74) is 5.87. The van der Waals surface area contributed by atoms with E-state index in [4.69, 9.17) is 10.5 Å². The fourth-order valence-electron chi connectivity index (χ4n) is 2.21. The highest BCUT2D eigenvalue weighted by molar-refractivity contribution is 5.78. The Hall–Kier alpha value is -0.610. The second-order valence-electron chi connectivity index (χ2n) is 5.19. The van der Waals surface area contributed by atoms with E-state index in [2.05, 4.69) is 5.32 Å². The molecule has 2 atom stereocenters. The van der Waals surface area contributed by atoms with E-state index in [1.165, 1.54) is 0 Å². The molecule has 0 aromatic carbocycles. The molecule has 3 N–H and O–H groups in total. The van der Waals surface area contributed by atoms with Crippen LogP contribution < -0.4 is 11.1 Å². The summed E-state index contributed by atoms with van der Waals surface area (Å²) >= 11 is 0. The van der Waals surface area contributed by atoms with Gasteiger partial charge in [0, 0.05) is 25.1 Å². The molecule has 0 aromatic heterocycles. The van der Waals surface area contributed by atoms with Crippen molar-refractivity contribution in [3.05, 3.63) is 0 Å². The summed E-state index contributed by atoms with van der Waals surface area (Å²) in [5.74, 6) is 0.300. The largest absolute Gasteiger partial charge is 0.379 e. The average Bonchev–Trinajstić information content (AvgIpc) is 2.28. The highest BCUT2D eigenvalue weighted by atomic mass is 16.5. The molecule has 1 saturated carbocycles. The number of ether oxygens (including phenoxy) is 1. The molecule has 2 unspecified atom stereocenters. The number of hydrogen-bond acceptors (Lipinski definition) is 3. The van der Waals surface area contributed by atoms with Gasteiger partial charge in [0.25, 0.3) is 0 Å². The summed E-state index contributed by atoms with van der Waals surface area (Å²) in [6, 6.07) is 0.212. The lowest BCUT2D eigenvalue weighted by Crippen LogP contribution is -2.38. The normalized spacial score (nSPS) is 24.9. The third-order valence-electron chi connectivity index (χ3n) is 3.16. The van der Waals surface area contributed by atoms with E-state index >= 15 is 0 Å². The van der Waals surface area contributed by atoms with Gasteiger partial charge in [0.2, 0.25) is 5.91 Å². The molecule has 1 aliphatic carbocycles. The van der Waals surface area contributed by atoms with Crippen LogP contribution in [0.4, 0.5) is 0 Å². The molecule has 4 heteroatoms. The molecule has 1 fully saturated rings. The lowest BCUT2D eigenvalue weighted by atomic mass is 9.85. The minimum absolute atomic E-state index is 0.129. The number of carbonyl (C=O) groups excluding carboxylic acids is 1.